The van der Waals surface area contributed by atoms with Crippen molar-refractivity contribution in [2.75, 3.05) is 6.61 Å². The first-order valence-corrected chi connectivity index (χ1v) is 4.07. The van der Waals surface area contributed by atoms with Crippen LogP contribution in [0, 0.1) is 0 Å². The number of fused-ring (bicyclic) bond motifs is 1. The van der Waals surface area contributed by atoms with Crippen molar-refractivity contribution in [3.63, 3.8) is 0 Å². The molecule has 1 aliphatic heterocycles. The quantitative estimate of drug-likeness (QED) is 0.623. The van der Waals surface area contributed by atoms with Gasteiger partial charge in [0, 0.05) is 16.5 Å². The molecule has 0 amide bonds. The van der Waals surface area contributed by atoms with Crippen molar-refractivity contribution in [1.29, 1.82) is 0 Å². The lowest BCUT2D eigenvalue weighted by molar-refractivity contribution is 0.357. The first-order chi connectivity index (χ1) is 4.88. The number of hydrogen-bond donors (Lipinski definition) is 0. The Bertz CT molecular complexity index is 257. The van der Waals surface area contributed by atoms with Gasteiger partial charge in [-0.2, -0.15) is 0 Å². The van der Waals surface area contributed by atoms with E-state index in [-0.39, 0.29) is 0 Å². The fourth-order valence-corrected chi connectivity index (χ4v) is 1.73. The van der Waals surface area contributed by atoms with Gasteiger partial charge in [0.25, 0.3) is 0 Å². The molecule has 1 heterocycles. The van der Waals surface area contributed by atoms with E-state index in [0.29, 0.717) is 0 Å². The summed E-state index contributed by atoms with van der Waals surface area (Å²) in [5, 5.41) is 0. The molecule has 0 radical (unpaired) electrons. The van der Waals surface area contributed by atoms with Gasteiger partial charge in [0.15, 0.2) is 0 Å². The molecule has 2 rings (SSSR count). The Morgan fingerprint density at radius 2 is 2.30 bits per heavy atom. The number of rotatable bonds is 0. The van der Waals surface area contributed by atoms with Crippen LogP contribution in [0.25, 0.3) is 0 Å². The SMILES string of the molecule is Brc1cccc2c1CCO2. The molecule has 0 fully saturated rings. The molecular weight excluding hydrogens is 192 g/mol. The summed E-state index contributed by atoms with van der Waals surface area (Å²) in [5.74, 6) is 1.04. The van der Waals surface area contributed by atoms with E-state index < -0.39 is 0 Å². The molecule has 0 N–H and O–H groups in total. The van der Waals surface area contributed by atoms with Gasteiger partial charge in [0.2, 0.25) is 0 Å². The van der Waals surface area contributed by atoms with Crippen LogP contribution in [0.15, 0.2) is 22.7 Å². The molecule has 1 aliphatic rings. The minimum absolute atomic E-state index is 0.831. The maximum absolute atomic E-state index is 5.35. The summed E-state index contributed by atoms with van der Waals surface area (Å²) < 4.78 is 6.52. The summed E-state index contributed by atoms with van der Waals surface area (Å²) in [6.07, 6.45) is 1.04. The van der Waals surface area contributed by atoms with Gasteiger partial charge in [-0.15, -0.1) is 0 Å². The lowest BCUT2D eigenvalue weighted by atomic mass is 10.2. The molecule has 0 aromatic heterocycles. The standard InChI is InChI=1S/C8H7BrO/c9-7-2-1-3-8-6(7)4-5-10-8/h1-3H,4-5H2. The van der Waals surface area contributed by atoms with Gasteiger partial charge < -0.3 is 4.74 Å². The lowest BCUT2D eigenvalue weighted by Crippen LogP contribution is -1.85. The van der Waals surface area contributed by atoms with E-state index in [4.69, 9.17) is 4.74 Å². The van der Waals surface area contributed by atoms with Gasteiger partial charge in [-0.1, -0.05) is 22.0 Å². The second-order valence-corrected chi connectivity index (χ2v) is 3.17. The third-order valence-electron chi connectivity index (χ3n) is 1.69. The maximum atomic E-state index is 5.35. The molecule has 1 aromatic carbocycles. The topological polar surface area (TPSA) is 9.23 Å². The van der Waals surface area contributed by atoms with Crippen molar-refractivity contribution in [2.45, 2.75) is 6.42 Å². The van der Waals surface area contributed by atoms with Gasteiger partial charge in [0.1, 0.15) is 5.75 Å². The molecule has 0 atom stereocenters. The first-order valence-electron chi connectivity index (χ1n) is 3.28. The number of benzene rings is 1. The second kappa shape index (κ2) is 2.27. The van der Waals surface area contributed by atoms with Crippen LogP contribution in [0.3, 0.4) is 0 Å². The molecule has 2 heteroatoms. The molecular formula is C8H7BrO. The number of ether oxygens (including phenoxy) is 1. The minimum atomic E-state index is 0.831. The summed E-state index contributed by atoms with van der Waals surface area (Å²) in [4.78, 5) is 0. The van der Waals surface area contributed by atoms with Crippen LogP contribution in [0.2, 0.25) is 0 Å². The zero-order chi connectivity index (χ0) is 6.97. The van der Waals surface area contributed by atoms with Crippen LogP contribution in [-0.4, -0.2) is 6.61 Å². The summed E-state index contributed by atoms with van der Waals surface area (Å²) >= 11 is 3.47. The first kappa shape index (κ1) is 6.23. The molecule has 0 saturated heterocycles. The Hall–Kier alpha value is -0.500. The highest BCUT2D eigenvalue weighted by molar-refractivity contribution is 9.10. The highest BCUT2D eigenvalue weighted by atomic mass is 79.9. The van der Waals surface area contributed by atoms with Crippen LogP contribution in [0.1, 0.15) is 5.56 Å². The molecule has 1 aromatic rings. The van der Waals surface area contributed by atoms with Gasteiger partial charge in [-0.05, 0) is 12.1 Å². The van der Waals surface area contributed by atoms with E-state index in [1.807, 2.05) is 18.2 Å². The van der Waals surface area contributed by atoms with Crippen molar-refractivity contribution in [3.8, 4) is 5.75 Å². The Kier molecular flexibility index (Phi) is 1.42. The van der Waals surface area contributed by atoms with E-state index in [1.165, 1.54) is 10.0 Å². The second-order valence-electron chi connectivity index (χ2n) is 2.31. The number of halogens is 1. The fraction of sp³-hybridized carbons (Fsp3) is 0.250. The monoisotopic (exact) mass is 198 g/mol. The average Bonchev–Trinajstić information content (AvgIpc) is 2.36. The highest BCUT2D eigenvalue weighted by Gasteiger charge is 2.13. The van der Waals surface area contributed by atoms with Gasteiger partial charge in [-0.25, -0.2) is 0 Å². The zero-order valence-electron chi connectivity index (χ0n) is 5.43. The molecule has 0 aliphatic carbocycles. The molecule has 10 heavy (non-hydrogen) atoms. The van der Waals surface area contributed by atoms with Crippen LogP contribution in [0.4, 0.5) is 0 Å². The molecule has 0 spiro atoms. The Labute approximate surface area is 68.1 Å². The van der Waals surface area contributed by atoms with E-state index in [0.717, 1.165) is 18.8 Å². The van der Waals surface area contributed by atoms with E-state index >= 15 is 0 Å². The zero-order valence-corrected chi connectivity index (χ0v) is 7.02. The van der Waals surface area contributed by atoms with Crippen molar-refractivity contribution >= 4 is 15.9 Å². The predicted molar refractivity (Wildman–Crippen MR) is 43.3 cm³/mol. The molecule has 1 nitrogen and oxygen atoms in total. The normalized spacial score (nSPS) is 14.5. The Morgan fingerprint density at radius 3 is 3.10 bits per heavy atom. The lowest BCUT2D eigenvalue weighted by Gasteiger charge is -1.97. The van der Waals surface area contributed by atoms with Crippen molar-refractivity contribution < 1.29 is 4.74 Å². The molecule has 0 saturated carbocycles. The summed E-state index contributed by atoms with van der Waals surface area (Å²) in [6, 6.07) is 6.05. The molecule has 52 valence electrons. The smallest absolute Gasteiger partial charge is 0.123 e. The van der Waals surface area contributed by atoms with Crippen molar-refractivity contribution in [3.05, 3.63) is 28.2 Å². The Morgan fingerprint density at radius 1 is 1.40 bits per heavy atom. The summed E-state index contributed by atoms with van der Waals surface area (Å²) in [6.45, 7) is 0.831. The molecule has 0 unspecified atom stereocenters. The number of hydrogen-bond acceptors (Lipinski definition) is 1. The van der Waals surface area contributed by atoms with E-state index in [2.05, 4.69) is 15.9 Å². The fourth-order valence-electron chi connectivity index (χ4n) is 1.18. The minimum Gasteiger partial charge on any atom is -0.493 e. The van der Waals surface area contributed by atoms with Gasteiger partial charge >= 0.3 is 0 Å². The van der Waals surface area contributed by atoms with Crippen LogP contribution in [0.5, 0.6) is 5.75 Å². The van der Waals surface area contributed by atoms with Crippen molar-refractivity contribution in [2.24, 2.45) is 0 Å². The summed E-state index contributed by atoms with van der Waals surface area (Å²) in [5.41, 5.74) is 1.31. The Balaban J connectivity index is 2.59. The third kappa shape index (κ3) is 0.833. The van der Waals surface area contributed by atoms with E-state index in [1.54, 1.807) is 0 Å². The molecule has 0 bridgehead atoms. The van der Waals surface area contributed by atoms with Gasteiger partial charge in [0.05, 0.1) is 6.61 Å². The van der Waals surface area contributed by atoms with Crippen LogP contribution < -0.4 is 4.74 Å². The van der Waals surface area contributed by atoms with Crippen LogP contribution >= 0.6 is 15.9 Å². The van der Waals surface area contributed by atoms with Crippen LogP contribution in [-0.2, 0) is 6.42 Å². The van der Waals surface area contributed by atoms with Gasteiger partial charge in [-0.3, -0.25) is 0 Å². The van der Waals surface area contributed by atoms with Crippen molar-refractivity contribution in [1.82, 2.24) is 0 Å². The highest BCUT2D eigenvalue weighted by Crippen LogP contribution is 2.30. The third-order valence-corrected chi connectivity index (χ3v) is 2.43. The summed E-state index contributed by atoms with van der Waals surface area (Å²) in [7, 11) is 0. The average molecular weight is 199 g/mol. The predicted octanol–water partition coefficient (Wildman–Crippen LogP) is 2.38. The largest absolute Gasteiger partial charge is 0.493 e. The van der Waals surface area contributed by atoms with E-state index in [9.17, 15) is 0 Å². The maximum Gasteiger partial charge on any atom is 0.123 e.